The van der Waals surface area contributed by atoms with Crippen LogP contribution in [0.5, 0.6) is 0 Å². The molecule has 5 nitrogen and oxygen atoms in total. The van der Waals surface area contributed by atoms with Gasteiger partial charge in [0.15, 0.2) is 5.88 Å². The van der Waals surface area contributed by atoms with Crippen LogP contribution in [0, 0.1) is 0 Å². The fourth-order valence-corrected chi connectivity index (χ4v) is 1.84. The highest BCUT2D eigenvalue weighted by molar-refractivity contribution is 6.07. The van der Waals surface area contributed by atoms with E-state index in [0.717, 1.165) is 0 Å². The van der Waals surface area contributed by atoms with Gasteiger partial charge in [-0.15, -0.1) is 0 Å². The molecule has 2 N–H and O–H groups in total. The molecule has 19 heavy (non-hydrogen) atoms. The minimum atomic E-state index is -0.355. The van der Waals surface area contributed by atoms with Crippen LogP contribution < -0.4 is 5.73 Å². The molecule has 100 valence electrons. The van der Waals surface area contributed by atoms with Gasteiger partial charge in [0.2, 0.25) is 5.90 Å². The van der Waals surface area contributed by atoms with Crippen LogP contribution in [0.3, 0.4) is 0 Å². The van der Waals surface area contributed by atoms with E-state index < -0.39 is 0 Å². The second kappa shape index (κ2) is 5.56. The Morgan fingerprint density at radius 1 is 1.42 bits per heavy atom. The number of aliphatic imine (C=N–C) groups is 1. The first-order valence-electron chi connectivity index (χ1n) is 5.99. The molecule has 0 radical (unpaired) electrons. The van der Waals surface area contributed by atoms with Crippen LogP contribution in [0.25, 0.3) is 0 Å². The number of hydrogen-bond donors (Lipinski definition) is 1. The third-order valence-electron chi connectivity index (χ3n) is 2.80. The maximum absolute atomic E-state index is 12.0. The minimum absolute atomic E-state index is 0.0639. The SMILES string of the molecule is CO/C(N)=C1\CC(C)OC1=NC(=O)c1ccccc1. The molecule has 1 fully saturated rings. The third kappa shape index (κ3) is 2.93. The lowest BCUT2D eigenvalue weighted by Gasteiger charge is -2.04. The fourth-order valence-electron chi connectivity index (χ4n) is 1.84. The summed E-state index contributed by atoms with van der Waals surface area (Å²) in [6, 6.07) is 8.81. The molecule has 1 atom stereocenters. The highest BCUT2D eigenvalue weighted by atomic mass is 16.5. The standard InChI is InChI=1S/C14H16N2O3/c1-9-8-11(12(15)18-2)14(19-9)16-13(17)10-6-4-3-5-7-10/h3-7,9H,8,15H2,1-2H3/b12-11+,16-14?. The van der Waals surface area contributed by atoms with Crippen LogP contribution in [-0.4, -0.2) is 25.0 Å². The first-order valence-corrected chi connectivity index (χ1v) is 5.99. The first-order chi connectivity index (χ1) is 9.11. The molecule has 1 aliphatic heterocycles. The van der Waals surface area contributed by atoms with Gasteiger partial charge in [0.25, 0.3) is 5.91 Å². The summed E-state index contributed by atoms with van der Waals surface area (Å²) in [4.78, 5) is 16.0. The molecule has 1 aromatic carbocycles. The van der Waals surface area contributed by atoms with E-state index in [0.29, 0.717) is 17.6 Å². The van der Waals surface area contributed by atoms with E-state index in [4.69, 9.17) is 15.2 Å². The van der Waals surface area contributed by atoms with Gasteiger partial charge in [0, 0.05) is 12.0 Å². The van der Waals surface area contributed by atoms with E-state index in [1.807, 2.05) is 13.0 Å². The van der Waals surface area contributed by atoms with Crippen molar-refractivity contribution in [3.8, 4) is 0 Å². The maximum Gasteiger partial charge on any atom is 0.280 e. The summed E-state index contributed by atoms with van der Waals surface area (Å²) in [5.74, 6) is 0.135. The van der Waals surface area contributed by atoms with Crippen molar-refractivity contribution in [1.82, 2.24) is 0 Å². The molecule has 0 bridgehead atoms. The molecule has 1 amide bonds. The van der Waals surface area contributed by atoms with Gasteiger partial charge in [0.1, 0.15) is 6.10 Å². The van der Waals surface area contributed by atoms with E-state index in [9.17, 15) is 4.79 Å². The summed E-state index contributed by atoms with van der Waals surface area (Å²) in [6.45, 7) is 1.89. The van der Waals surface area contributed by atoms with E-state index >= 15 is 0 Å². The Bertz CT molecular complexity index is 535. The number of benzene rings is 1. The number of hydrogen-bond acceptors (Lipinski definition) is 4. The van der Waals surface area contributed by atoms with Crippen LogP contribution >= 0.6 is 0 Å². The van der Waals surface area contributed by atoms with Crippen molar-refractivity contribution in [2.45, 2.75) is 19.4 Å². The predicted octanol–water partition coefficient (Wildman–Crippen LogP) is 1.85. The molecule has 0 aromatic heterocycles. The Labute approximate surface area is 111 Å². The van der Waals surface area contributed by atoms with Crippen molar-refractivity contribution in [3.63, 3.8) is 0 Å². The number of rotatable bonds is 2. The number of carbonyl (C=O) groups is 1. The van der Waals surface area contributed by atoms with E-state index in [1.165, 1.54) is 7.11 Å². The molecule has 0 saturated carbocycles. The zero-order valence-corrected chi connectivity index (χ0v) is 10.9. The Hall–Kier alpha value is -2.30. The van der Waals surface area contributed by atoms with E-state index in [-0.39, 0.29) is 23.8 Å². The van der Waals surface area contributed by atoms with Gasteiger partial charge in [-0.2, -0.15) is 4.99 Å². The minimum Gasteiger partial charge on any atom is -0.482 e. The second-order valence-corrected chi connectivity index (χ2v) is 4.27. The van der Waals surface area contributed by atoms with Gasteiger partial charge in [-0.1, -0.05) is 18.2 Å². The van der Waals surface area contributed by atoms with Crippen LogP contribution in [0.2, 0.25) is 0 Å². The van der Waals surface area contributed by atoms with Crippen molar-refractivity contribution in [1.29, 1.82) is 0 Å². The average molecular weight is 260 g/mol. The summed E-state index contributed by atoms with van der Waals surface area (Å²) in [7, 11) is 1.47. The van der Waals surface area contributed by atoms with Gasteiger partial charge in [-0.3, -0.25) is 4.79 Å². The summed E-state index contributed by atoms with van der Waals surface area (Å²) in [5, 5.41) is 0. The molecule has 5 heteroatoms. The maximum atomic E-state index is 12.0. The zero-order chi connectivity index (χ0) is 13.8. The summed E-state index contributed by atoms with van der Waals surface area (Å²) < 4.78 is 10.5. The second-order valence-electron chi connectivity index (χ2n) is 4.27. The van der Waals surface area contributed by atoms with Crippen LogP contribution in [0.4, 0.5) is 0 Å². The van der Waals surface area contributed by atoms with Gasteiger partial charge >= 0.3 is 0 Å². The van der Waals surface area contributed by atoms with Crippen molar-refractivity contribution in [2.24, 2.45) is 10.7 Å². The third-order valence-corrected chi connectivity index (χ3v) is 2.80. The fraction of sp³-hybridized carbons (Fsp3) is 0.286. The van der Waals surface area contributed by atoms with Crippen molar-refractivity contribution in [3.05, 3.63) is 47.4 Å². The Kier molecular flexibility index (Phi) is 3.85. The summed E-state index contributed by atoms with van der Waals surface area (Å²) in [5.41, 5.74) is 6.88. The molecule has 1 aromatic rings. The average Bonchev–Trinajstić information content (AvgIpc) is 2.79. The van der Waals surface area contributed by atoms with Crippen LogP contribution in [0.15, 0.2) is 46.8 Å². The molecule has 0 aliphatic carbocycles. The number of nitrogens with two attached hydrogens (primary N) is 1. The normalized spacial score (nSPS) is 23.1. The molecule has 1 heterocycles. The lowest BCUT2D eigenvalue weighted by atomic mass is 10.1. The first kappa shape index (κ1) is 13.1. The predicted molar refractivity (Wildman–Crippen MR) is 71.6 cm³/mol. The Morgan fingerprint density at radius 3 is 2.74 bits per heavy atom. The van der Waals surface area contributed by atoms with Gasteiger partial charge in [-0.05, 0) is 19.1 Å². The number of methoxy groups -OCH3 is 1. The highest BCUT2D eigenvalue weighted by Gasteiger charge is 2.28. The Balaban J connectivity index is 2.30. The molecule has 1 unspecified atom stereocenters. The number of nitrogens with zero attached hydrogens (tertiary/aromatic N) is 1. The molecule has 2 rings (SSSR count). The smallest absolute Gasteiger partial charge is 0.280 e. The van der Waals surface area contributed by atoms with Gasteiger partial charge in [-0.25, -0.2) is 0 Å². The molecule has 1 saturated heterocycles. The summed E-state index contributed by atoms with van der Waals surface area (Å²) in [6.07, 6.45) is 0.520. The largest absolute Gasteiger partial charge is 0.482 e. The monoisotopic (exact) mass is 260 g/mol. The molecular formula is C14H16N2O3. The van der Waals surface area contributed by atoms with Crippen molar-refractivity contribution in [2.75, 3.05) is 7.11 Å². The number of amides is 1. The van der Waals surface area contributed by atoms with E-state index in [1.54, 1.807) is 24.3 Å². The van der Waals surface area contributed by atoms with Gasteiger partial charge < -0.3 is 15.2 Å². The van der Waals surface area contributed by atoms with Gasteiger partial charge in [0.05, 0.1) is 12.7 Å². The molecule has 0 spiro atoms. The Morgan fingerprint density at radius 2 is 2.11 bits per heavy atom. The van der Waals surface area contributed by atoms with Crippen molar-refractivity contribution < 1.29 is 14.3 Å². The quantitative estimate of drug-likeness (QED) is 0.823. The van der Waals surface area contributed by atoms with Crippen LogP contribution in [0.1, 0.15) is 23.7 Å². The molecule has 1 aliphatic rings. The highest BCUT2D eigenvalue weighted by Crippen LogP contribution is 2.23. The van der Waals surface area contributed by atoms with Crippen LogP contribution in [-0.2, 0) is 9.47 Å². The van der Waals surface area contributed by atoms with E-state index in [2.05, 4.69) is 4.99 Å². The van der Waals surface area contributed by atoms with Crippen molar-refractivity contribution >= 4 is 11.8 Å². The number of ether oxygens (including phenoxy) is 2. The summed E-state index contributed by atoms with van der Waals surface area (Å²) >= 11 is 0. The lowest BCUT2D eigenvalue weighted by molar-refractivity contribution is 0.0998. The number of carbonyl (C=O) groups excluding carboxylic acids is 1. The molecular weight excluding hydrogens is 244 g/mol. The zero-order valence-electron chi connectivity index (χ0n) is 10.9. The topological polar surface area (TPSA) is 73.9 Å². The lowest BCUT2D eigenvalue weighted by Crippen LogP contribution is -2.11.